The van der Waals surface area contributed by atoms with Crippen LogP contribution in [0.4, 0.5) is 5.69 Å². The summed E-state index contributed by atoms with van der Waals surface area (Å²) in [7, 11) is 3.64. The molecule has 0 spiro atoms. The van der Waals surface area contributed by atoms with E-state index in [1.165, 1.54) is 25.9 Å². The molecular weight excluding hydrogens is 457 g/mol. The quantitative estimate of drug-likeness (QED) is 0.388. The highest BCUT2D eigenvalue weighted by molar-refractivity contribution is 14.0. The van der Waals surface area contributed by atoms with Crippen molar-refractivity contribution in [3.8, 4) is 0 Å². The molecule has 0 aromatic carbocycles. The van der Waals surface area contributed by atoms with Crippen LogP contribution in [0.3, 0.4) is 0 Å². The van der Waals surface area contributed by atoms with Crippen molar-refractivity contribution in [1.82, 2.24) is 24.9 Å². The second kappa shape index (κ2) is 10.3. The number of anilines is 1. The molecule has 9 heteroatoms. The Bertz CT molecular complexity index is 639. The summed E-state index contributed by atoms with van der Waals surface area (Å²) >= 11 is 0. The van der Waals surface area contributed by atoms with E-state index in [1.54, 1.807) is 22.8 Å². The Morgan fingerprint density at radius 1 is 1.30 bits per heavy atom. The predicted molar refractivity (Wildman–Crippen MR) is 119 cm³/mol. The highest BCUT2D eigenvalue weighted by atomic mass is 127. The second-order valence-electron chi connectivity index (χ2n) is 7.34. The molecule has 0 aliphatic carbocycles. The van der Waals surface area contributed by atoms with Crippen molar-refractivity contribution in [3.05, 3.63) is 12.4 Å². The van der Waals surface area contributed by atoms with Gasteiger partial charge in [-0.05, 0) is 31.8 Å². The minimum Gasteiger partial charge on any atom is -0.355 e. The number of piperidine rings is 1. The van der Waals surface area contributed by atoms with E-state index in [9.17, 15) is 4.79 Å². The maximum absolute atomic E-state index is 12.5. The molecule has 1 aromatic rings. The zero-order valence-corrected chi connectivity index (χ0v) is 18.9. The van der Waals surface area contributed by atoms with Crippen molar-refractivity contribution in [2.75, 3.05) is 57.8 Å². The molecule has 0 saturated carbocycles. The molecule has 0 radical (unpaired) electrons. The second-order valence-corrected chi connectivity index (χ2v) is 7.34. The maximum atomic E-state index is 12.5. The van der Waals surface area contributed by atoms with Gasteiger partial charge in [-0.1, -0.05) is 6.92 Å². The number of aryl methyl sites for hydroxylation is 1. The molecule has 1 amide bonds. The molecule has 2 aliphatic heterocycles. The van der Waals surface area contributed by atoms with Gasteiger partial charge in [0.1, 0.15) is 6.54 Å². The van der Waals surface area contributed by atoms with E-state index >= 15 is 0 Å². The van der Waals surface area contributed by atoms with Crippen molar-refractivity contribution in [2.24, 2.45) is 18.0 Å². The van der Waals surface area contributed by atoms with Crippen LogP contribution < -0.4 is 10.2 Å². The number of hydrogen-bond donors (Lipinski definition) is 1. The van der Waals surface area contributed by atoms with Crippen molar-refractivity contribution in [1.29, 1.82) is 0 Å². The average Bonchev–Trinajstić information content (AvgIpc) is 3.06. The fraction of sp³-hybridized carbons (Fsp3) is 0.722. The molecule has 8 nitrogen and oxygen atoms in total. The smallest absolute Gasteiger partial charge is 0.246 e. The maximum Gasteiger partial charge on any atom is 0.246 e. The third-order valence-corrected chi connectivity index (χ3v) is 5.32. The van der Waals surface area contributed by atoms with Crippen LogP contribution in [-0.4, -0.2) is 84.3 Å². The van der Waals surface area contributed by atoms with E-state index in [1.807, 2.05) is 18.1 Å². The van der Waals surface area contributed by atoms with Crippen molar-refractivity contribution >= 4 is 41.5 Å². The predicted octanol–water partition coefficient (Wildman–Crippen LogP) is 0.994. The number of amides is 1. The van der Waals surface area contributed by atoms with Crippen molar-refractivity contribution in [2.45, 2.75) is 19.8 Å². The standard InChI is InChI=1S/C18H31N7O.HI/c1-15-4-7-23(8-5-15)9-6-20-18(19-2)24-10-11-25(17(26)14-24)16-12-21-22(3)13-16;/h12-13,15H,4-11,14H2,1-3H3,(H,19,20);1H. The number of halogens is 1. The number of nitrogens with zero attached hydrogens (tertiary/aromatic N) is 6. The Morgan fingerprint density at radius 3 is 2.63 bits per heavy atom. The molecule has 3 rings (SSSR count). The van der Waals surface area contributed by atoms with Crippen molar-refractivity contribution in [3.63, 3.8) is 0 Å². The summed E-state index contributed by atoms with van der Waals surface area (Å²) in [6, 6.07) is 0. The van der Waals surface area contributed by atoms with Gasteiger partial charge >= 0.3 is 0 Å². The first-order chi connectivity index (χ1) is 12.6. The van der Waals surface area contributed by atoms with Crippen LogP contribution in [0.5, 0.6) is 0 Å². The normalized spacial score (nSPS) is 20.0. The fourth-order valence-corrected chi connectivity index (χ4v) is 3.62. The van der Waals surface area contributed by atoms with Crippen molar-refractivity contribution < 1.29 is 4.79 Å². The Kier molecular flexibility index (Phi) is 8.33. The van der Waals surface area contributed by atoms with Crippen LogP contribution >= 0.6 is 24.0 Å². The minimum atomic E-state index is 0. The van der Waals surface area contributed by atoms with Gasteiger partial charge in [0.25, 0.3) is 0 Å². The molecule has 2 fully saturated rings. The largest absolute Gasteiger partial charge is 0.355 e. The van der Waals surface area contributed by atoms with Crippen LogP contribution in [-0.2, 0) is 11.8 Å². The molecule has 2 saturated heterocycles. The summed E-state index contributed by atoms with van der Waals surface area (Å²) in [6.07, 6.45) is 6.19. The van der Waals surface area contributed by atoms with Gasteiger partial charge < -0.3 is 20.0 Å². The Hall–Kier alpha value is -1.36. The number of piperazine rings is 1. The summed E-state index contributed by atoms with van der Waals surface area (Å²) in [4.78, 5) is 23.2. The Morgan fingerprint density at radius 2 is 2.04 bits per heavy atom. The van der Waals surface area contributed by atoms with Gasteiger partial charge in [0.05, 0.1) is 11.9 Å². The first-order valence-electron chi connectivity index (χ1n) is 9.54. The SMILES string of the molecule is CN=C(NCCN1CCC(C)CC1)N1CCN(c2cnn(C)c2)C(=O)C1.I. The molecule has 27 heavy (non-hydrogen) atoms. The molecule has 0 bridgehead atoms. The summed E-state index contributed by atoms with van der Waals surface area (Å²) < 4.78 is 1.72. The molecule has 1 aromatic heterocycles. The van der Waals surface area contributed by atoms with Gasteiger partial charge in [0, 0.05) is 46.5 Å². The minimum absolute atomic E-state index is 0. The molecule has 152 valence electrons. The Labute approximate surface area is 179 Å². The molecule has 2 aliphatic rings. The summed E-state index contributed by atoms with van der Waals surface area (Å²) in [6.45, 7) is 8.34. The fourth-order valence-electron chi connectivity index (χ4n) is 3.62. The monoisotopic (exact) mass is 489 g/mol. The first kappa shape index (κ1) is 21.9. The van der Waals surface area contributed by atoms with Gasteiger partial charge in [0.2, 0.25) is 5.91 Å². The topological polar surface area (TPSA) is 69.0 Å². The third-order valence-electron chi connectivity index (χ3n) is 5.32. The van der Waals surface area contributed by atoms with Gasteiger partial charge in [-0.25, -0.2) is 0 Å². The van der Waals surface area contributed by atoms with E-state index in [4.69, 9.17) is 0 Å². The van der Waals surface area contributed by atoms with E-state index in [0.29, 0.717) is 13.1 Å². The van der Waals surface area contributed by atoms with Crippen LogP contribution in [0.15, 0.2) is 17.4 Å². The van der Waals surface area contributed by atoms with Gasteiger partial charge in [0.15, 0.2) is 5.96 Å². The molecular formula is C18H32IN7O. The number of aliphatic imine (C=N–C) groups is 1. The summed E-state index contributed by atoms with van der Waals surface area (Å²) in [5.74, 6) is 1.75. The molecule has 1 N–H and O–H groups in total. The zero-order valence-electron chi connectivity index (χ0n) is 16.6. The van der Waals surface area contributed by atoms with Crippen LogP contribution in [0.25, 0.3) is 0 Å². The lowest BCUT2D eigenvalue weighted by Crippen LogP contribution is -2.56. The lowest BCUT2D eigenvalue weighted by atomic mass is 9.99. The summed E-state index contributed by atoms with van der Waals surface area (Å²) in [5.41, 5.74) is 0.861. The lowest BCUT2D eigenvalue weighted by Gasteiger charge is -2.36. The summed E-state index contributed by atoms with van der Waals surface area (Å²) in [5, 5.41) is 7.58. The number of carbonyl (C=O) groups excluding carboxylic acids is 1. The number of nitrogens with one attached hydrogen (secondary N) is 1. The van der Waals surface area contributed by atoms with E-state index in [2.05, 4.69) is 27.2 Å². The number of hydrogen-bond acceptors (Lipinski definition) is 4. The molecule has 0 atom stereocenters. The zero-order chi connectivity index (χ0) is 18.5. The van der Waals surface area contributed by atoms with Gasteiger partial charge in [-0.3, -0.25) is 14.5 Å². The number of likely N-dealkylation sites (tertiary alicyclic amines) is 1. The van der Waals surface area contributed by atoms with Gasteiger partial charge in [-0.2, -0.15) is 5.10 Å². The number of guanidine groups is 1. The lowest BCUT2D eigenvalue weighted by molar-refractivity contribution is -0.120. The molecule has 0 unspecified atom stereocenters. The van der Waals surface area contributed by atoms with Crippen LogP contribution in [0.2, 0.25) is 0 Å². The Balaban J connectivity index is 0.00000261. The van der Waals surface area contributed by atoms with Crippen LogP contribution in [0, 0.1) is 5.92 Å². The van der Waals surface area contributed by atoms with E-state index in [0.717, 1.165) is 37.2 Å². The van der Waals surface area contributed by atoms with E-state index < -0.39 is 0 Å². The highest BCUT2D eigenvalue weighted by Gasteiger charge is 2.27. The average molecular weight is 489 g/mol. The first-order valence-corrected chi connectivity index (χ1v) is 9.54. The number of carbonyl (C=O) groups is 1. The highest BCUT2D eigenvalue weighted by Crippen LogP contribution is 2.16. The molecule has 3 heterocycles. The third kappa shape index (κ3) is 5.81. The van der Waals surface area contributed by atoms with E-state index in [-0.39, 0.29) is 29.9 Å². The number of aromatic nitrogens is 2. The van der Waals surface area contributed by atoms with Gasteiger partial charge in [-0.15, -0.1) is 24.0 Å². The van der Waals surface area contributed by atoms with Crippen LogP contribution in [0.1, 0.15) is 19.8 Å². The number of rotatable bonds is 4.